The van der Waals surface area contributed by atoms with E-state index in [-0.39, 0.29) is 12.2 Å². The summed E-state index contributed by atoms with van der Waals surface area (Å²) in [7, 11) is 1.52. The maximum atomic E-state index is 12.6. The van der Waals surface area contributed by atoms with Crippen LogP contribution in [0.25, 0.3) is 0 Å². The Labute approximate surface area is 186 Å². The Bertz CT molecular complexity index is 1100. The third-order valence-electron chi connectivity index (χ3n) is 4.90. The average Bonchev–Trinajstić information content (AvgIpc) is 3.09. The van der Waals surface area contributed by atoms with E-state index in [2.05, 4.69) is 10.5 Å². The van der Waals surface area contributed by atoms with E-state index in [1.54, 1.807) is 36.4 Å². The molecule has 0 bridgehead atoms. The molecule has 0 aliphatic carbocycles. The van der Waals surface area contributed by atoms with Crippen molar-refractivity contribution in [2.75, 3.05) is 12.4 Å². The van der Waals surface area contributed by atoms with Crippen molar-refractivity contribution in [3.8, 4) is 11.5 Å². The van der Waals surface area contributed by atoms with Gasteiger partial charge in [-0.3, -0.25) is 4.79 Å². The van der Waals surface area contributed by atoms with Crippen molar-refractivity contribution in [2.24, 2.45) is 0 Å². The number of hydrogen-bond acceptors (Lipinski definition) is 7. The zero-order valence-electron chi connectivity index (χ0n) is 18.7. The van der Waals surface area contributed by atoms with Gasteiger partial charge in [-0.05, 0) is 63.6 Å². The molecule has 32 heavy (non-hydrogen) atoms. The molecular weight excluding hydrogens is 412 g/mol. The Morgan fingerprint density at radius 1 is 1.12 bits per heavy atom. The van der Waals surface area contributed by atoms with Crippen LogP contribution in [0.4, 0.5) is 5.69 Å². The number of carbonyl (C=O) groups excluding carboxylic acids is 2. The lowest BCUT2D eigenvalue weighted by atomic mass is 10.2. The highest BCUT2D eigenvalue weighted by Gasteiger charge is 2.21. The first kappa shape index (κ1) is 22.9. The molecule has 0 fully saturated rings. The number of aryl methyl sites for hydroxylation is 3. The van der Waals surface area contributed by atoms with Crippen LogP contribution in [-0.4, -0.2) is 30.2 Å². The molecule has 3 aromatic rings. The minimum Gasteiger partial charge on any atom is -0.495 e. The number of amides is 1. The van der Waals surface area contributed by atoms with E-state index < -0.39 is 18.0 Å². The van der Waals surface area contributed by atoms with Crippen LogP contribution in [0.2, 0.25) is 0 Å². The molecular formula is C24H26N2O6. The summed E-state index contributed by atoms with van der Waals surface area (Å²) in [6, 6.07) is 12.0. The second kappa shape index (κ2) is 10.00. The van der Waals surface area contributed by atoms with Gasteiger partial charge in [-0.2, -0.15) is 0 Å². The van der Waals surface area contributed by atoms with E-state index in [4.69, 9.17) is 18.7 Å². The lowest BCUT2D eigenvalue weighted by molar-refractivity contribution is -0.123. The van der Waals surface area contributed by atoms with Crippen LogP contribution in [0.1, 0.15) is 39.9 Å². The van der Waals surface area contributed by atoms with Crippen LogP contribution in [0.5, 0.6) is 11.5 Å². The number of hydrogen-bond donors (Lipinski definition) is 1. The van der Waals surface area contributed by atoms with Crippen molar-refractivity contribution in [2.45, 2.75) is 40.4 Å². The Morgan fingerprint density at radius 3 is 2.59 bits per heavy atom. The second-order valence-electron chi connectivity index (χ2n) is 7.36. The molecule has 168 valence electrons. The number of carbonyl (C=O) groups is 2. The van der Waals surface area contributed by atoms with Gasteiger partial charge in [0.25, 0.3) is 5.91 Å². The van der Waals surface area contributed by atoms with Crippen LogP contribution in [0, 0.1) is 20.8 Å². The molecule has 1 heterocycles. The minimum absolute atomic E-state index is 0.261. The minimum atomic E-state index is -1.01. The number of aromatic nitrogens is 1. The quantitative estimate of drug-likeness (QED) is 0.521. The third-order valence-corrected chi connectivity index (χ3v) is 4.90. The lowest BCUT2D eigenvalue weighted by Crippen LogP contribution is -2.30. The highest BCUT2D eigenvalue weighted by Crippen LogP contribution is 2.25. The van der Waals surface area contributed by atoms with E-state index >= 15 is 0 Å². The fourth-order valence-corrected chi connectivity index (χ4v) is 3.01. The van der Waals surface area contributed by atoms with Crippen molar-refractivity contribution in [3.63, 3.8) is 0 Å². The first-order valence-corrected chi connectivity index (χ1v) is 10.1. The Kier molecular flexibility index (Phi) is 7.14. The SMILES string of the molecule is COc1ccc(C)cc1NC(=O)C(C)OC(=O)c1cccc(OCc2c(C)noc2C)c1. The number of rotatable bonds is 8. The summed E-state index contributed by atoms with van der Waals surface area (Å²) in [5.41, 5.74) is 3.35. The molecule has 2 aromatic carbocycles. The van der Waals surface area contributed by atoms with E-state index in [0.717, 1.165) is 16.8 Å². The molecule has 0 spiro atoms. The van der Waals surface area contributed by atoms with Crippen LogP contribution < -0.4 is 14.8 Å². The molecule has 0 aliphatic heterocycles. The van der Waals surface area contributed by atoms with Crippen LogP contribution in [0.15, 0.2) is 47.0 Å². The molecule has 0 saturated carbocycles. The van der Waals surface area contributed by atoms with Gasteiger partial charge in [0.15, 0.2) is 6.10 Å². The summed E-state index contributed by atoms with van der Waals surface area (Å²) in [5, 5.41) is 6.63. The summed E-state index contributed by atoms with van der Waals surface area (Å²) in [4.78, 5) is 25.1. The van der Waals surface area contributed by atoms with E-state index in [1.165, 1.54) is 14.0 Å². The monoisotopic (exact) mass is 438 g/mol. The van der Waals surface area contributed by atoms with E-state index in [9.17, 15) is 9.59 Å². The first-order chi connectivity index (χ1) is 15.3. The second-order valence-corrected chi connectivity index (χ2v) is 7.36. The van der Waals surface area contributed by atoms with Gasteiger partial charge < -0.3 is 24.1 Å². The molecule has 1 amide bonds. The number of nitrogens with zero attached hydrogens (tertiary/aromatic N) is 1. The highest BCUT2D eigenvalue weighted by atomic mass is 16.5. The molecule has 8 nitrogen and oxygen atoms in total. The third kappa shape index (κ3) is 5.46. The van der Waals surface area contributed by atoms with Crippen molar-refractivity contribution < 1.29 is 28.3 Å². The normalized spacial score (nSPS) is 11.5. The highest BCUT2D eigenvalue weighted by molar-refractivity contribution is 5.98. The molecule has 1 atom stereocenters. The van der Waals surface area contributed by atoms with Gasteiger partial charge in [-0.1, -0.05) is 17.3 Å². The molecule has 3 rings (SSSR count). The number of anilines is 1. The van der Waals surface area contributed by atoms with Crippen LogP contribution >= 0.6 is 0 Å². The number of esters is 1. The fourth-order valence-electron chi connectivity index (χ4n) is 3.01. The number of benzene rings is 2. The predicted molar refractivity (Wildman–Crippen MR) is 118 cm³/mol. The van der Waals surface area contributed by atoms with Gasteiger partial charge in [-0.15, -0.1) is 0 Å². The van der Waals surface area contributed by atoms with Crippen molar-refractivity contribution in [1.29, 1.82) is 0 Å². The molecule has 0 saturated heterocycles. The fraction of sp³-hybridized carbons (Fsp3) is 0.292. The van der Waals surface area contributed by atoms with E-state index in [1.807, 2.05) is 26.8 Å². The van der Waals surface area contributed by atoms with Gasteiger partial charge in [0.1, 0.15) is 23.9 Å². The van der Waals surface area contributed by atoms with Gasteiger partial charge in [0.2, 0.25) is 0 Å². The van der Waals surface area contributed by atoms with Gasteiger partial charge in [-0.25, -0.2) is 4.79 Å². The van der Waals surface area contributed by atoms with Crippen molar-refractivity contribution in [1.82, 2.24) is 5.16 Å². The standard InChI is InChI=1S/C24H26N2O6/c1-14-9-10-22(29-5)21(11-14)25-23(27)17(4)31-24(28)18-7-6-8-19(12-18)30-13-20-15(2)26-32-16(20)3/h6-12,17H,13H2,1-5H3,(H,25,27). The number of methoxy groups -OCH3 is 1. The smallest absolute Gasteiger partial charge is 0.339 e. The maximum absolute atomic E-state index is 12.6. The summed E-state index contributed by atoms with van der Waals surface area (Å²) in [5.74, 6) is 0.592. The van der Waals surface area contributed by atoms with Gasteiger partial charge in [0.05, 0.1) is 29.6 Å². The zero-order chi connectivity index (χ0) is 23.3. The topological polar surface area (TPSA) is 99.9 Å². The first-order valence-electron chi connectivity index (χ1n) is 10.1. The zero-order valence-corrected chi connectivity index (χ0v) is 18.7. The summed E-state index contributed by atoms with van der Waals surface area (Å²) >= 11 is 0. The summed E-state index contributed by atoms with van der Waals surface area (Å²) in [6.45, 7) is 7.32. The molecule has 0 aliphatic rings. The molecule has 1 unspecified atom stereocenters. The van der Waals surface area contributed by atoms with Crippen molar-refractivity contribution in [3.05, 3.63) is 70.6 Å². The van der Waals surface area contributed by atoms with Crippen LogP contribution in [0.3, 0.4) is 0 Å². The molecule has 0 radical (unpaired) electrons. The molecule has 1 aromatic heterocycles. The average molecular weight is 438 g/mol. The van der Waals surface area contributed by atoms with Gasteiger partial charge in [0, 0.05) is 0 Å². The summed E-state index contributed by atoms with van der Waals surface area (Å²) in [6.07, 6.45) is -1.01. The maximum Gasteiger partial charge on any atom is 0.339 e. The lowest BCUT2D eigenvalue weighted by Gasteiger charge is -2.16. The Morgan fingerprint density at radius 2 is 1.91 bits per heavy atom. The molecule has 8 heteroatoms. The largest absolute Gasteiger partial charge is 0.495 e. The summed E-state index contributed by atoms with van der Waals surface area (Å²) < 4.78 is 21.5. The number of ether oxygens (including phenoxy) is 3. The number of nitrogens with one attached hydrogen (secondary N) is 1. The van der Waals surface area contributed by atoms with Crippen LogP contribution in [-0.2, 0) is 16.1 Å². The van der Waals surface area contributed by atoms with Crippen molar-refractivity contribution >= 4 is 17.6 Å². The predicted octanol–water partition coefficient (Wildman–Crippen LogP) is 4.37. The Hall–Kier alpha value is -3.81. The van der Waals surface area contributed by atoms with E-state index in [0.29, 0.717) is 22.9 Å². The van der Waals surface area contributed by atoms with Gasteiger partial charge >= 0.3 is 5.97 Å². The Balaban J connectivity index is 1.62. The molecule has 1 N–H and O–H groups in total.